The number of aryl methyl sites for hydroxylation is 2. The number of hydrogen-bond donors (Lipinski definition) is 5. The van der Waals surface area contributed by atoms with Crippen molar-refractivity contribution in [2.45, 2.75) is 56.5 Å². The van der Waals surface area contributed by atoms with E-state index in [1.165, 1.54) is 29.2 Å². The molecule has 240 valence electrons. The number of aliphatic imine (C=N–C) groups is 1. The molecular weight excluding hydrogens is 602 g/mol. The Kier molecular flexibility index (Phi) is 10.6. The second kappa shape index (κ2) is 14.3. The van der Waals surface area contributed by atoms with Crippen molar-refractivity contribution in [3.8, 4) is 0 Å². The molecule has 0 saturated carbocycles. The van der Waals surface area contributed by atoms with E-state index in [4.69, 9.17) is 15.9 Å². The minimum absolute atomic E-state index is 0.0230. The fraction of sp³-hybridized carbons (Fsp3) is 0.367. The van der Waals surface area contributed by atoms with Crippen LogP contribution in [0, 0.1) is 13.8 Å². The Labute approximate surface area is 260 Å². The van der Waals surface area contributed by atoms with Crippen LogP contribution < -0.4 is 32.4 Å². The Bertz CT molecular complexity index is 1770. The van der Waals surface area contributed by atoms with Gasteiger partial charge in [-0.15, -0.1) is 0 Å². The van der Waals surface area contributed by atoms with Crippen molar-refractivity contribution in [1.29, 1.82) is 0 Å². The Morgan fingerprint density at radius 3 is 2.53 bits per heavy atom. The number of hydrogen-bond acceptors (Lipinski definition) is 8. The highest BCUT2D eigenvalue weighted by Gasteiger charge is 2.36. The number of amides is 3. The monoisotopic (exact) mass is 639 g/mol. The van der Waals surface area contributed by atoms with Gasteiger partial charge in [-0.2, -0.15) is 0 Å². The quantitative estimate of drug-likeness (QED) is 0.0820. The first-order chi connectivity index (χ1) is 21.3. The lowest BCUT2D eigenvalue weighted by molar-refractivity contribution is -0.138. The molecule has 1 saturated heterocycles. The maximum Gasteiger partial charge on any atom is 0.336 e. The van der Waals surface area contributed by atoms with Crippen molar-refractivity contribution in [3.63, 3.8) is 0 Å². The van der Waals surface area contributed by atoms with Crippen molar-refractivity contribution < 1.29 is 27.2 Å². The summed E-state index contributed by atoms with van der Waals surface area (Å²) in [5.74, 6) is -1.76. The Morgan fingerprint density at radius 1 is 1.09 bits per heavy atom. The second-order valence-electron chi connectivity index (χ2n) is 10.8. The van der Waals surface area contributed by atoms with Crippen LogP contribution in [0.1, 0.15) is 36.8 Å². The largest absolute Gasteiger partial charge is 0.423 e. The van der Waals surface area contributed by atoms with Crippen molar-refractivity contribution in [2.24, 2.45) is 16.5 Å². The van der Waals surface area contributed by atoms with Crippen LogP contribution >= 0.6 is 0 Å². The third kappa shape index (κ3) is 8.67. The van der Waals surface area contributed by atoms with Crippen molar-refractivity contribution in [2.75, 3.05) is 25.0 Å². The summed E-state index contributed by atoms with van der Waals surface area (Å²) >= 11 is 0. The van der Waals surface area contributed by atoms with Crippen molar-refractivity contribution in [3.05, 3.63) is 70.1 Å². The summed E-state index contributed by atoms with van der Waals surface area (Å²) < 4.78 is 32.9. The van der Waals surface area contributed by atoms with Gasteiger partial charge in [0.1, 0.15) is 17.7 Å². The van der Waals surface area contributed by atoms with Gasteiger partial charge in [0.15, 0.2) is 5.96 Å². The maximum atomic E-state index is 13.4. The zero-order valence-electron chi connectivity index (χ0n) is 25.0. The zero-order chi connectivity index (χ0) is 32.7. The highest BCUT2D eigenvalue weighted by atomic mass is 32.2. The van der Waals surface area contributed by atoms with Gasteiger partial charge in [-0.05, 0) is 69.4 Å². The lowest BCUT2D eigenvalue weighted by Gasteiger charge is -2.26. The predicted molar refractivity (Wildman–Crippen MR) is 169 cm³/mol. The molecule has 1 aromatic heterocycles. The number of nitrogens with one attached hydrogen (secondary N) is 3. The van der Waals surface area contributed by atoms with Crippen molar-refractivity contribution >= 4 is 50.4 Å². The van der Waals surface area contributed by atoms with Crippen molar-refractivity contribution in [1.82, 2.24) is 14.9 Å². The molecule has 7 N–H and O–H groups in total. The number of fused-ring (bicyclic) bond motifs is 1. The minimum Gasteiger partial charge on any atom is -0.423 e. The molecule has 2 heterocycles. The first-order valence-electron chi connectivity index (χ1n) is 14.4. The summed E-state index contributed by atoms with van der Waals surface area (Å²) in [7, 11) is -3.94. The van der Waals surface area contributed by atoms with Crippen LogP contribution in [-0.2, 0) is 24.4 Å². The molecule has 1 aliphatic rings. The van der Waals surface area contributed by atoms with Crippen LogP contribution in [0.25, 0.3) is 11.0 Å². The number of carbonyl (C=O) groups is 3. The van der Waals surface area contributed by atoms with Crippen LogP contribution in [0.3, 0.4) is 0 Å². The zero-order valence-corrected chi connectivity index (χ0v) is 25.9. The lowest BCUT2D eigenvalue weighted by Crippen LogP contribution is -2.53. The molecule has 1 aliphatic heterocycles. The van der Waals surface area contributed by atoms with E-state index in [9.17, 15) is 27.6 Å². The van der Waals surface area contributed by atoms with Crippen LogP contribution in [0.4, 0.5) is 5.69 Å². The number of benzene rings is 2. The molecule has 45 heavy (non-hydrogen) atoms. The second-order valence-corrected chi connectivity index (χ2v) is 12.6. The van der Waals surface area contributed by atoms with E-state index in [-0.39, 0.29) is 30.4 Å². The van der Waals surface area contributed by atoms with E-state index in [2.05, 4.69) is 20.3 Å². The van der Waals surface area contributed by atoms with E-state index >= 15 is 0 Å². The third-order valence-electron chi connectivity index (χ3n) is 7.42. The normalized spacial score (nSPS) is 15.4. The summed E-state index contributed by atoms with van der Waals surface area (Å²) in [5.41, 5.74) is 12.5. The number of guanidine groups is 1. The van der Waals surface area contributed by atoms with Crippen LogP contribution in [0.15, 0.2) is 67.6 Å². The molecule has 1 fully saturated rings. The van der Waals surface area contributed by atoms with Gasteiger partial charge in [-0.3, -0.25) is 19.4 Å². The van der Waals surface area contributed by atoms with Gasteiger partial charge in [0.05, 0.1) is 11.4 Å². The molecule has 0 radical (unpaired) electrons. The maximum absolute atomic E-state index is 13.4. The minimum atomic E-state index is -3.94. The van der Waals surface area contributed by atoms with Crippen LogP contribution in [0.2, 0.25) is 0 Å². The number of sulfonamides is 1. The number of anilines is 1. The summed E-state index contributed by atoms with van der Waals surface area (Å²) in [6.45, 7) is 3.55. The van der Waals surface area contributed by atoms with E-state index in [1.54, 1.807) is 31.2 Å². The van der Waals surface area contributed by atoms with E-state index in [1.807, 2.05) is 6.92 Å². The van der Waals surface area contributed by atoms with E-state index in [0.29, 0.717) is 35.9 Å². The summed E-state index contributed by atoms with van der Waals surface area (Å²) in [5, 5.41) is 6.20. The first kappa shape index (κ1) is 33.1. The number of rotatable bonds is 12. The van der Waals surface area contributed by atoms with Crippen LogP contribution in [-0.4, -0.2) is 68.7 Å². The SMILES string of the molecule is Cc1ccc(S(=O)(=O)NCC(=O)N2CCCC2C(=O)NC(CCCN=C(N)N)C(=O)Nc2ccc3c(C)cc(=O)oc3c2)cc1. The molecular formula is C30H37N7O7S. The molecule has 14 nitrogen and oxygen atoms in total. The Hall–Kier alpha value is -4.76. The molecule has 4 rings (SSSR count). The van der Waals surface area contributed by atoms with Gasteiger partial charge in [0.2, 0.25) is 27.7 Å². The first-order valence-corrected chi connectivity index (χ1v) is 15.9. The molecule has 0 spiro atoms. The summed E-state index contributed by atoms with van der Waals surface area (Å²) in [6, 6.07) is 10.5. The molecule has 2 unspecified atom stereocenters. The van der Waals surface area contributed by atoms with Gasteiger partial charge >= 0.3 is 5.63 Å². The topological polar surface area (TPSA) is 219 Å². The number of nitrogens with two attached hydrogens (primary N) is 2. The molecule has 0 aliphatic carbocycles. The molecule has 0 bridgehead atoms. The van der Waals surface area contributed by atoms with Gasteiger partial charge in [0.25, 0.3) is 0 Å². The fourth-order valence-corrected chi connectivity index (χ4v) is 6.04. The standard InChI is InChI=1S/C30H37N7O7S/c1-18-7-10-21(11-8-18)45(42,43)34-17-26(38)37-14-4-6-24(37)29(41)36-23(5-3-13-33-30(31)32)28(40)35-20-9-12-22-19(2)15-27(39)44-25(22)16-20/h7-12,15-16,23-24,34H,3-6,13-14,17H2,1-2H3,(H,35,40)(H,36,41)(H4,31,32,33). The number of carbonyl (C=O) groups excluding carboxylic acids is 3. The predicted octanol–water partition coefficient (Wildman–Crippen LogP) is 0.856. The highest BCUT2D eigenvalue weighted by Crippen LogP contribution is 2.22. The number of likely N-dealkylation sites (tertiary alicyclic amines) is 1. The third-order valence-corrected chi connectivity index (χ3v) is 8.83. The van der Waals surface area contributed by atoms with Crippen LogP contribution in [0.5, 0.6) is 0 Å². The van der Waals surface area contributed by atoms with E-state index < -0.39 is 52.0 Å². The smallest absolute Gasteiger partial charge is 0.336 e. The Balaban J connectivity index is 1.44. The fourth-order valence-electron chi connectivity index (χ4n) is 5.07. The summed E-state index contributed by atoms with van der Waals surface area (Å²) in [6.07, 6.45) is 1.40. The molecule has 3 amide bonds. The average Bonchev–Trinajstić information content (AvgIpc) is 3.48. The van der Waals surface area contributed by atoms with E-state index in [0.717, 1.165) is 11.1 Å². The molecule has 3 aromatic rings. The molecule has 15 heteroatoms. The molecule has 2 aromatic carbocycles. The lowest BCUT2D eigenvalue weighted by atomic mass is 10.1. The summed E-state index contributed by atoms with van der Waals surface area (Å²) in [4.78, 5) is 57.0. The Morgan fingerprint density at radius 2 is 1.82 bits per heavy atom. The number of nitrogens with zero attached hydrogens (tertiary/aromatic N) is 2. The van der Waals surface area contributed by atoms with Gasteiger partial charge in [0, 0.05) is 36.3 Å². The molecule has 2 atom stereocenters. The van der Waals surface area contributed by atoms with Gasteiger partial charge in [-0.25, -0.2) is 17.9 Å². The average molecular weight is 640 g/mol. The van der Waals surface area contributed by atoms with Gasteiger partial charge < -0.3 is 31.4 Å². The van der Waals surface area contributed by atoms with Gasteiger partial charge in [-0.1, -0.05) is 17.7 Å². The highest BCUT2D eigenvalue weighted by molar-refractivity contribution is 7.89.